The number of carbonyl (C=O) groups is 1. The van der Waals surface area contributed by atoms with E-state index in [9.17, 15) is 10.1 Å². The molecule has 0 saturated carbocycles. The first-order valence-electron chi connectivity index (χ1n) is 12.3. The molecule has 0 bridgehead atoms. The molecule has 2 aromatic carbocycles. The molecule has 3 heterocycles. The van der Waals surface area contributed by atoms with E-state index in [0.29, 0.717) is 36.7 Å². The Morgan fingerprint density at radius 1 is 1.08 bits per heavy atom. The summed E-state index contributed by atoms with van der Waals surface area (Å²) in [6, 6.07) is 15.7. The molecule has 186 valence electrons. The predicted molar refractivity (Wildman–Crippen MR) is 134 cm³/mol. The number of esters is 1. The van der Waals surface area contributed by atoms with Crippen molar-refractivity contribution in [3.8, 4) is 17.6 Å². The number of hydrogen-bond donors (Lipinski definition) is 0. The number of ether oxygens (including phenoxy) is 3. The molecular formula is C27H29N5O4. The number of rotatable bonds is 8. The SMILES string of the molecule is CCCCOC(=O)[C@@H](C#N)c1nc2ccccc2nc1N1CCN(Cc2ccc3c(c2)OCO3)CC1. The molecule has 9 heteroatoms. The van der Waals surface area contributed by atoms with E-state index in [0.717, 1.165) is 49.5 Å². The maximum absolute atomic E-state index is 12.8. The lowest BCUT2D eigenvalue weighted by atomic mass is 10.1. The largest absolute Gasteiger partial charge is 0.464 e. The van der Waals surface area contributed by atoms with E-state index in [1.165, 1.54) is 5.56 Å². The Bertz CT molecular complexity index is 1280. The molecule has 1 atom stereocenters. The molecule has 9 nitrogen and oxygen atoms in total. The molecule has 0 amide bonds. The first kappa shape index (κ1) is 23.8. The molecule has 5 rings (SSSR count). The van der Waals surface area contributed by atoms with Gasteiger partial charge >= 0.3 is 5.97 Å². The highest BCUT2D eigenvalue weighted by molar-refractivity contribution is 5.85. The van der Waals surface area contributed by atoms with Gasteiger partial charge in [-0.3, -0.25) is 9.69 Å². The average molecular weight is 488 g/mol. The molecule has 0 unspecified atom stereocenters. The summed E-state index contributed by atoms with van der Waals surface area (Å²) in [7, 11) is 0. The fraction of sp³-hybridized carbons (Fsp3) is 0.407. The highest BCUT2D eigenvalue weighted by Gasteiger charge is 2.31. The minimum absolute atomic E-state index is 0.266. The van der Waals surface area contributed by atoms with Gasteiger partial charge in [0, 0.05) is 32.7 Å². The Hall–Kier alpha value is -3.90. The zero-order chi connectivity index (χ0) is 24.9. The number of fused-ring (bicyclic) bond motifs is 2. The predicted octanol–water partition coefficient (Wildman–Crippen LogP) is 3.63. The van der Waals surface area contributed by atoms with Crippen LogP contribution in [0.15, 0.2) is 42.5 Å². The van der Waals surface area contributed by atoms with E-state index < -0.39 is 11.9 Å². The van der Waals surface area contributed by atoms with E-state index in [-0.39, 0.29) is 6.79 Å². The normalized spacial score (nSPS) is 16.1. The van der Waals surface area contributed by atoms with E-state index in [1.807, 2.05) is 43.3 Å². The summed E-state index contributed by atoms with van der Waals surface area (Å²) < 4.78 is 16.3. The van der Waals surface area contributed by atoms with Gasteiger partial charge < -0.3 is 19.1 Å². The van der Waals surface area contributed by atoms with Crippen molar-refractivity contribution in [3.63, 3.8) is 0 Å². The monoisotopic (exact) mass is 487 g/mol. The van der Waals surface area contributed by atoms with E-state index >= 15 is 0 Å². The molecule has 0 spiro atoms. The van der Waals surface area contributed by atoms with Crippen LogP contribution in [0.2, 0.25) is 0 Å². The minimum Gasteiger partial charge on any atom is -0.464 e. The lowest BCUT2D eigenvalue weighted by Gasteiger charge is -2.36. The van der Waals surface area contributed by atoms with Gasteiger partial charge in [0.25, 0.3) is 0 Å². The van der Waals surface area contributed by atoms with Gasteiger partial charge in [-0.1, -0.05) is 31.5 Å². The number of hydrogen-bond acceptors (Lipinski definition) is 9. The molecule has 36 heavy (non-hydrogen) atoms. The molecule has 2 aliphatic heterocycles. The van der Waals surface area contributed by atoms with Crippen LogP contribution in [0.4, 0.5) is 5.82 Å². The first-order chi connectivity index (χ1) is 17.7. The van der Waals surface area contributed by atoms with Crippen LogP contribution in [0, 0.1) is 11.3 Å². The zero-order valence-corrected chi connectivity index (χ0v) is 20.4. The van der Waals surface area contributed by atoms with Crippen LogP contribution < -0.4 is 14.4 Å². The van der Waals surface area contributed by atoms with Gasteiger partial charge in [-0.25, -0.2) is 9.97 Å². The molecule has 1 fully saturated rings. The maximum atomic E-state index is 12.8. The average Bonchev–Trinajstić information content (AvgIpc) is 3.37. The minimum atomic E-state index is -1.12. The number of anilines is 1. The quantitative estimate of drug-likeness (QED) is 0.348. The second-order valence-electron chi connectivity index (χ2n) is 8.96. The maximum Gasteiger partial charge on any atom is 0.329 e. The summed E-state index contributed by atoms with van der Waals surface area (Å²) in [5.41, 5.74) is 2.91. The molecule has 1 saturated heterocycles. The number of nitriles is 1. The van der Waals surface area contributed by atoms with Crippen molar-refractivity contribution in [2.75, 3.05) is 44.5 Å². The van der Waals surface area contributed by atoms with Crippen LogP contribution in [0.3, 0.4) is 0 Å². The molecule has 1 aromatic heterocycles. The molecule has 0 radical (unpaired) electrons. The van der Waals surface area contributed by atoms with Crippen molar-refractivity contribution in [3.05, 3.63) is 53.7 Å². The molecule has 3 aromatic rings. The Balaban J connectivity index is 1.34. The number of carbonyl (C=O) groups excluding carboxylic acids is 1. The second kappa shape index (κ2) is 10.8. The van der Waals surface area contributed by atoms with Gasteiger partial charge in [0.2, 0.25) is 6.79 Å². The fourth-order valence-corrected chi connectivity index (χ4v) is 4.47. The molecular weight excluding hydrogens is 458 g/mol. The van der Waals surface area contributed by atoms with Crippen molar-refractivity contribution < 1.29 is 19.0 Å². The fourth-order valence-electron chi connectivity index (χ4n) is 4.47. The topological polar surface area (TPSA) is 101 Å². The summed E-state index contributed by atoms with van der Waals surface area (Å²) in [5.74, 6) is 0.455. The van der Waals surface area contributed by atoms with Crippen LogP contribution in [0.25, 0.3) is 11.0 Å². The summed E-state index contributed by atoms with van der Waals surface area (Å²) in [4.78, 5) is 26.9. The van der Waals surface area contributed by atoms with Crippen molar-refractivity contribution in [1.29, 1.82) is 5.26 Å². The molecule has 2 aliphatic rings. The van der Waals surface area contributed by atoms with Crippen molar-refractivity contribution in [2.45, 2.75) is 32.2 Å². The van der Waals surface area contributed by atoms with E-state index in [1.54, 1.807) is 0 Å². The Kier molecular flexibility index (Phi) is 7.14. The van der Waals surface area contributed by atoms with E-state index in [4.69, 9.17) is 24.2 Å². The summed E-state index contributed by atoms with van der Waals surface area (Å²) in [6.45, 7) is 6.40. The third kappa shape index (κ3) is 5.04. The summed E-state index contributed by atoms with van der Waals surface area (Å²) >= 11 is 0. The van der Waals surface area contributed by atoms with Crippen LogP contribution >= 0.6 is 0 Å². The number of unbranched alkanes of at least 4 members (excludes halogenated alkanes) is 1. The molecule has 0 N–H and O–H groups in total. The van der Waals surface area contributed by atoms with Gasteiger partial charge in [0.05, 0.1) is 23.7 Å². The lowest BCUT2D eigenvalue weighted by Crippen LogP contribution is -2.46. The number of piperazine rings is 1. The van der Waals surface area contributed by atoms with Crippen molar-refractivity contribution in [1.82, 2.24) is 14.9 Å². The van der Waals surface area contributed by atoms with Crippen LogP contribution in [0.1, 0.15) is 36.9 Å². The highest BCUT2D eigenvalue weighted by atomic mass is 16.7. The number of aromatic nitrogens is 2. The van der Waals surface area contributed by atoms with Crippen molar-refractivity contribution >= 4 is 22.8 Å². The van der Waals surface area contributed by atoms with Crippen LogP contribution in [0.5, 0.6) is 11.5 Å². The van der Waals surface area contributed by atoms with E-state index in [2.05, 4.69) is 21.9 Å². The van der Waals surface area contributed by atoms with Crippen LogP contribution in [-0.4, -0.2) is 60.4 Å². The lowest BCUT2D eigenvalue weighted by molar-refractivity contribution is -0.144. The summed E-state index contributed by atoms with van der Waals surface area (Å²) in [5, 5.41) is 9.91. The highest BCUT2D eigenvalue weighted by Crippen LogP contribution is 2.33. The van der Waals surface area contributed by atoms with Crippen molar-refractivity contribution in [2.24, 2.45) is 0 Å². The Morgan fingerprint density at radius 2 is 1.83 bits per heavy atom. The third-order valence-corrected chi connectivity index (χ3v) is 6.47. The van der Waals surface area contributed by atoms with Gasteiger partial charge in [0.1, 0.15) is 5.69 Å². The molecule has 0 aliphatic carbocycles. The third-order valence-electron chi connectivity index (χ3n) is 6.47. The Labute approximate surface area is 210 Å². The number of nitrogens with zero attached hydrogens (tertiary/aromatic N) is 5. The standard InChI is InChI=1S/C27H29N5O4/c1-2-3-14-34-27(33)20(16-28)25-26(30-22-7-5-4-6-21(22)29-25)32-12-10-31(11-13-32)17-19-8-9-23-24(15-19)36-18-35-23/h4-9,15,20H,2-3,10-14,17-18H2,1H3/t20-/m0/s1. The summed E-state index contributed by atoms with van der Waals surface area (Å²) in [6.07, 6.45) is 1.66. The van der Waals surface area contributed by atoms with Gasteiger partial charge in [-0.05, 0) is 36.2 Å². The smallest absolute Gasteiger partial charge is 0.329 e. The number of para-hydroxylation sites is 2. The van der Waals surface area contributed by atoms with Gasteiger partial charge in [-0.2, -0.15) is 5.26 Å². The second-order valence-corrected chi connectivity index (χ2v) is 8.96. The first-order valence-corrected chi connectivity index (χ1v) is 12.3. The van der Waals surface area contributed by atoms with Gasteiger partial charge in [0.15, 0.2) is 23.2 Å². The number of benzene rings is 2. The Morgan fingerprint density at radius 3 is 2.58 bits per heavy atom. The van der Waals surface area contributed by atoms with Crippen LogP contribution in [-0.2, 0) is 16.1 Å². The zero-order valence-electron chi connectivity index (χ0n) is 20.4. The van der Waals surface area contributed by atoms with Gasteiger partial charge in [-0.15, -0.1) is 0 Å².